The molecule has 2 aromatic rings. The molecule has 0 aliphatic rings. The second-order valence-electron chi connectivity index (χ2n) is 2.28. The highest BCUT2D eigenvalue weighted by atomic mass is 15.1. The second-order valence-corrected chi connectivity index (χ2v) is 2.28. The quantitative estimate of drug-likeness (QED) is 0.543. The SMILES string of the molecule is Cn1c(=N)ncc2[nH]cnc21. The Morgan fingerprint density at radius 1 is 1.55 bits per heavy atom. The van der Waals surface area contributed by atoms with E-state index in [1.165, 1.54) is 0 Å². The van der Waals surface area contributed by atoms with Gasteiger partial charge in [0.05, 0.1) is 12.5 Å². The van der Waals surface area contributed by atoms with E-state index in [0.717, 1.165) is 11.2 Å². The number of nitrogens with zero attached hydrogens (tertiary/aromatic N) is 3. The van der Waals surface area contributed by atoms with Crippen LogP contribution in [0.15, 0.2) is 12.5 Å². The number of H-pyrrole nitrogens is 1. The zero-order valence-electron chi connectivity index (χ0n) is 6.00. The first kappa shape index (κ1) is 6.09. The smallest absolute Gasteiger partial charge is 0.223 e. The van der Waals surface area contributed by atoms with Gasteiger partial charge in [0, 0.05) is 7.05 Å². The lowest BCUT2D eigenvalue weighted by atomic mass is 10.5. The number of rotatable bonds is 0. The molecule has 0 unspecified atom stereocenters. The molecule has 56 valence electrons. The van der Waals surface area contributed by atoms with Crippen LogP contribution in [0.4, 0.5) is 0 Å². The van der Waals surface area contributed by atoms with Gasteiger partial charge in [0.15, 0.2) is 5.65 Å². The molecule has 2 heterocycles. The molecule has 0 atom stereocenters. The molecule has 0 saturated carbocycles. The molecule has 2 N–H and O–H groups in total. The highest BCUT2D eigenvalue weighted by Gasteiger charge is 1.98. The van der Waals surface area contributed by atoms with Crippen LogP contribution in [0.3, 0.4) is 0 Å². The van der Waals surface area contributed by atoms with Crippen molar-refractivity contribution < 1.29 is 0 Å². The number of hydrogen-bond donors (Lipinski definition) is 2. The van der Waals surface area contributed by atoms with E-state index in [0.29, 0.717) is 0 Å². The van der Waals surface area contributed by atoms with Gasteiger partial charge in [0.25, 0.3) is 0 Å². The standard InChI is InChI=1S/C6H7N5/c1-11-5-4(9-3-10-5)2-8-6(11)7/h2-3,7H,1H3,(H,9,10). The minimum absolute atomic E-state index is 0.213. The number of imidazole rings is 1. The zero-order valence-corrected chi connectivity index (χ0v) is 6.00. The van der Waals surface area contributed by atoms with Crippen LogP contribution in [0.5, 0.6) is 0 Å². The first-order chi connectivity index (χ1) is 5.29. The van der Waals surface area contributed by atoms with Gasteiger partial charge in [0.1, 0.15) is 5.52 Å². The zero-order chi connectivity index (χ0) is 7.84. The number of fused-ring (bicyclic) bond motifs is 1. The van der Waals surface area contributed by atoms with Crippen LogP contribution in [0.1, 0.15) is 0 Å². The molecule has 5 nitrogen and oxygen atoms in total. The van der Waals surface area contributed by atoms with E-state index in [2.05, 4.69) is 15.0 Å². The van der Waals surface area contributed by atoms with Crippen molar-refractivity contribution in [2.45, 2.75) is 0 Å². The summed E-state index contributed by atoms with van der Waals surface area (Å²) in [4.78, 5) is 10.8. The molecule has 0 amide bonds. The van der Waals surface area contributed by atoms with Gasteiger partial charge >= 0.3 is 0 Å². The van der Waals surface area contributed by atoms with E-state index in [-0.39, 0.29) is 5.62 Å². The van der Waals surface area contributed by atoms with Crippen molar-refractivity contribution in [2.75, 3.05) is 0 Å². The normalized spacial score (nSPS) is 10.6. The Bertz CT molecular complexity index is 437. The van der Waals surface area contributed by atoms with Crippen LogP contribution in [0.25, 0.3) is 11.2 Å². The van der Waals surface area contributed by atoms with Gasteiger partial charge in [-0.15, -0.1) is 0 Å². The first-order valence-electron chi connectivity index (χ1n) is 3.19. The number of aromatic amines is 1. The van der Waals surface area contributed by atoms with E-state index in [1.54, 1.807) is 24.1 Å². The summed E-state index contributed by atoms with van der Waals surface area (Å²) in [6.45, 7) is 0. The molecule has 0 saturated heterocycles. The van der Waals surface area contributed by atoms with Crippen molar-refractivity contribution in [2.24, 2.45) is 7.05 Å². The van der Waals surface area contributed by atoms with Crippen LogP contribution in [-0.4, -0.2) is 19.5 Å². The predicted octanol–water partition coefficient (Wildman–Crippen LogP) is -0.224. The van der Waals surface area contributed by atoms with Gasteiger partial charge in [0.2, 0.25) is 5.62 Å². The van der Waals surface area contributed by atoms with Crippen LogP contribution in [0, 0.1) is 5.41 Å². The average molecular weight is 149 g/mol. The van der Waals surface area contributed by atoms with Crippen molar-refractivity contribution in [1.29, 1.82) is 5.41 Å². The third kappa shape index (κ3) is 0.739. The lowest BCUT2D eigenvalue weighted by Gasteiger charge is -1.96. The summed E-state index contributed by atoms with van der Waals surface area (Å²) in [5, 5.41) is 7.34. The molecule has 0 spiro atoms. The molecule has 0 fully saturated rings. The van der Waals surface area contributed by atoms with Crippen molar-refractivity contribution in [3.05, 3.63) is 18.1 Å². The lowest BCUT2D eigenvalue weighted by molar-refractivity contribution is 0.790. The van der Waals surface area contributed by atoms with Crippen molar-refractivity contribution >= 4 is 11.2 Å². The molecule has 0 aliphatic heterocycles. The van der Waals surface area contributed by atoms with Crippen molar-refractivity contribution in [3.8, 4) is 0 Å². The van der Waals surface area contributed by atoms with Gasteiger partial charge < -0.3 is 4.98 Å². The number of aryl methyl sites for hydroxylation is 1. The summed E-state index contributed by atoms with van der Waals surface area (Å²) in [6, 6.07) is 0. The monoisotopic (exact) mass is 149 g/mol. The van der Waals surface area contributed by atoms with Gasteiger partial charge in [-0.2, -0.15) is 0 Å². The van der Waals surface area contributed by atoms with Crippen LogP contribution in [-0.2, 0) is 7.05 Å². The number of nitrogens with one attached hydrogen (secondary N) is 2. The van der Waals surface area contributed by atoms with Crippen LogP contribution < -0.4 is 5.62 Å². The molecule has 5 heteroatoms. The Balaban J connectivity index is 3.04. The van der Waals surface area contributed by atoms with E-state index < -0.39 is 0 Å². The fraction of sp³-hybridized carbons (Fsp3) is 0.167. The van der Waals surface area contributed by atoms with E-state index >= 15 is 0 Å². The second kappa shape index (κ2) is 1.91. The Kier molecular flexibility index (Phi) is 1.06. The van der Waals surface area contributed by atoms with Crippen molar-refractivity contribution in [3.63, 3.8) is 0 Å². The maximum Gasteiger partial charge on any atom is 0.223 e. The fourth-order valence-electron chi connectivity index (χ4n) is 0.972. The molecule has 2 aromatic heterocycles. The Hall–Kier alpha value is -1.65. The Labute approximate surface area is 62.2 Å². The van der Waals surface area contributed by atoms with Gasteiger partial charge in [-0.05, 0) is 0 Å². The van der Waals surface area contributed by atoms with Crippen LogP contribution in [0.2, 0.25) is 0 Å². The summed E-state index contributed by atoms with van der Waals surface area (Å²) in [5.41, 5.74) is 1.82. The third-order valence-corrected chi connectivity index (χ3v) is 1.60. The Morgan fingerprint density at radius 3 is 3.18 bits per heavy atom. The highest BCUT2D eigenvalue weighted by molar-refractivity contribution is 5.68. The molecule has 0 aliphatic carbocycles. The average Bonchev–Trinajstić information content (AvgIpc) is 2.45. The summed E-state index contributed by atoms with van der Waals surface area (Å²) >= 11 is 0. The molecular weight excluding hydrogens is 142 g/mol. The number of hydrogen-bond acceptors (Lipinski definition) is 3. The summed E-state index contributed by atoms with van der Waals surface area (Å²) in [6.07, 6.45) is 3.19. The predicted molar refractivity (Wildman–Crippen MR) is 38.7 cm³/mol. The van der Waals surface area contributed by atoms with Crippen LogP contribution >= 0.6 is 0 Å². The van der Waals surface area contributed by atoms with Gasteiger partial charge in [-0.1, -0.05) is 0 Å². The highest BCUT2D eigenvalue weighted by Crippen LogP contribution is 2.00. The molecular formula is C6H7N5. The summed E-state index contributed by atoms with van der Waals surface area (Å²) in [5.74, 6) is 0. The summed E-state index contributed by atoms with van der Waals surface area (Å²) < 4.78 is 1.62. The topological polar surface area (TPSA) is 70.3 Å². The maximum atomic E-state index is 7.34. The van der Waals surface area contributed by atoms with E-state index in [1.807, 2.05) is 0 Å². The lowest BCUT2D eigenvalue weighted by Crippen LogP contribution is -2.19. The first-order valence-corrected chi connectivity index (χ1v) is 3.19. The van der Waals surface area contributed by atoms with Crippen molar-refractivity contribution in [1.82, 2.24) is 19.5 Å². The Morgan fingerprint density at radius 2 is 2.36 bits per heavy atom. The summed E-state index contributed by atoms with van der Waals surface area (Å²) in [7, 11) is 1.76. The largest absolute Gasteiger partial charge is 0.342 e. The molecule has 0 radical (unpaired) electrons. The molecule has 11 heavy (non-hydrogen) atoms. The molecule has 2 rings (SSSR count). The number of aromatic nitrogens is 4. The van der Waals surface area contributed by atoms with E-state index in [4.69, 9.17) is 5.41 Å². The molecule has 0 bridgehead atoms. The maximum absolute atomic E-state index is 7.34. The van der Waals surface area contributed by atoms with Gasteiger partial charge in [-0.25, -0.2) is 9.97 Å². The van der Waals surface area contributed by atoms with Gasteiger partial charge in [-0.3, -0.25) is 9.98 Å². The third-order valence-electron chi connectivity index (χ3n) is 1.60. The van der Waals surface area contributed by atoms with E-state index in [9.17, 15) is 0 Å². The minimum atomic E-state index is 0.213. The molecule has 0 aromatic carbocycles. The fourth-order valence-corrected chi connectivity index (χ4v) is 0.972. The minimum Gasteiger partial charge on any atom is -0.342 e.